The molecular formula is C20H24BrNO5. The summed E-state index contributed by atoms with van der Waals surface area (Å²) in [4.78, 5) is 25.8. The molecule has 2 atom stereocenters. The van der Waals surface area contributed by atoms with E-state index in [0.29, 0.717) is 25.9 Å². The number of amides is 1. The number of carboxylic acids is 1. The fraction of sp³-hybridized carbons (Fsp3) is 0.500. The van der Waals surface area contributed by atoms with E-state index < -0.39 is 17.5 Å². The molecule has 2 aromatic rings. The van der Waals surface area contributed by atoms with Gasteiger partial charge in [0.1, 0.15) is 11.2 Å². The summed E-state index contributed by atoms with van der Waals surface area (Å²) in [6.07, 6.45) is 2.30. The Bertz CT molecular complexity index is 854. The van der Waals surface area contributed by atoms with Crippen LogP contribution in [-0.2, 0) is 16.0 Å². The van der Waals surface area contributed by atoms with E-state index in [9.17, 15) is 14.7 Å². The Morgan fingerprint density at radius 3 is 2.81 bits per heavy atom. The summed E-state index contributed by atoms with van der Waals surface area (Å²) in [5, 5.41) is 10.7. The molecule has 1 aromatic carbocycles. The Balaban J connectivity index is 1.72. The summed E-state index contributed by atoms with van der Waals surface area (Å²) < 4.78 is 11.6. The third-order valence-electron chi connectivity index (χ3n) is 4.78. The Hall–Kier alpha value is -2.02. The number of likely N-dealkylation sites (tertiary alicyclic amines) is 1. The molecule has 2 heterocycles. The molecule has 0 aliphatic carbocycles. The first-order valence-corrected chi connectivity index (χ1v) is 9.79. The molecule has 6 nitrogen and oxygen atoms in total. The number of carbonyl (C=O) groups is 2. The number of nitrogens with zero attached hydrogens (tertiary/aromatic N) is 1. The van der Waals surface area contributed by atoms with E-state index in [1.54, 1.807) is 11.2 Å². The van der Waals surface area contributed by atoms with E-state index in [1.807, 2.05) is 39.0 Å². The van der Waals surface area contributed by atoms with Crippen LogP contribution in [0.4, 0.5) is 4.79 Å². The van der Waals surface area contributed by atoms with Gasteiger partial charge in [-0.05, 0) is 79.2 Å². The van der Waals surface area contributed by atoms with Gasteiger partial charge in [0.25, 0.3) is 0 Å². The van der Waals surface area contributed by atoms with Crippen molar-refractivity contribution in [3.8, 4) is 0 Å². The highest BCUT2D eigenvalue weighted by Gasteiger charge is 2.37. The summed E-state index contributed by atoms with van der Waals surface area (Å²) in [7, 11) is 0. The smallest absolute Gasteiger partial charge is 0.410 e. The molecule has 1 amide bonds. The normalized spacial score (nSPS) is 18.7. The van der Waals surface area contributed by atoms with Crippen LogP contribution in [0.1, 0.15) is 32.8 Å². The molecule has 0 unspecified atom stereocenters. The number of fused-ring (bicyclic) bond motifs is 1. The van der Waals surface area contributed by atoms with E-state index in [2.05, 4.69) is 15.9 Å². The number of halogens is 1. The van der Waals surface area contributed by atoms with Crippen molar-refractivity contribution in [2.75, 3.05) is 13.1 Å². The lowest BCUT2D eigenvalue weighted by Crippen LogP contribution is -2.36. The Morgan fingerprint density at radius 1 is 1.41 bits per heavy atom. The molecule has 1 fully saturated rings. The van der Waals surface area contributed by atoms with Crippen molar-refractivity contribution in [2.24, 2.45) is 11.8 Å². The minimum atomic E-state index is -0.838. The first kappa shape index (κ1) is 19.7. The lowest BCUT2D eigenvalue weighted by molar-refractivity contribution is -0.143. The van der Waals surface area contributed by atoms with E-state index in [-0.39, 0.29) is 12.0 Å². The molecule has 7 heteroatoms. The van der Waals surface area contributed by atoms with Crippen LogP contribution in [-0.4, -0.2) is 40.8 Å². The van der Waals surface area contributed by atoms with Crippen molar-refractivity contribution in [2.45, 2.75) is 39.2 Å². The maximum absolute atomic E-state index is 12.3. The van der Waals surface area contributed by atoms with Gasteiger partial charge in [0, 0.05) is 18.5 Å². The minimum Gasteiger partial charge on any atom is -0.481 e. The third-order valence-corrected chi connectivity index (χ3v) is 5.37. The first-order chi connectivity index (χ1) is 12.6. The molecule has 3 rings (SSSR count). The quantitative estimate of drug-likeness (QED) is 0.749. The first-order valence-electron chi connectivity index (χ1n) is 9.00. The number of ether oxygens (including phenoxy) is 1. The zero-order chi connectivity index (χ0) is 19.8. The van der Waals surface area contributed by atoms with Crippen LogP contribution in [0.15, 0.2) is 33.4 Å². The van der Waals surface area contributed by atoms with Gasteiger partial charge in [-0.2, -0.15) is 0 Å². The highest BCUT2D eigenvalue weighted by molar-refractivity contribution is 9.10. The molecule has 1 aliphatic rings. The van der Waals surface area contributed by atoms with Crippen molar-refractivity contribution in [1.29, 1.82) is 0 Å². The summed E-state index contributed by atoms with van der Waals surface area (Å²) in [5.74, 6) is -1.50. The number of furan rings is 1. The van der Waals surface area contributed by atoms with Gasteiger partial charge in [0.05, 0.1) is 16.7 Å². The standard InChI is InChI=1S/C20H24BrNO5/c1-20(2,3)27-19(25)22-6-4-14(11-22)15(18(23)24)9-12-8-13-5-7-26-17(13)16(21)10-12/h5,7-8,10,14-15H,4,6,9,11H2,1-3H3,(H,23,24)/t14-,15-/m0/s1. The number of rotatable bonds is 4. The van der Waals surface area contributed by atoms with Crippen molar-refractivity contribution >= 4 is 39.0 Å². The van der Waals surface area contributed by atoms with Crippen LogP contribution in [0.25, 0.3) is 11.0 Å². The van der Waals surface area contributed by atoms with Gasteiger partial charge in [-0.1, -0.05) is 0 Å². The average Bonchev–Trinajstić information content (AvgIpc) is 3.20. The predicted molar refractivity (Wildman–Crippen MR) is 105 cm³/mol. The monoisotopic (exact) mass is 437 g/mol. The van der Waals surface area contributed by atoms with Crippen LogP contribution in [0.2, 0.25) is 0 Å². The van der Waals surface area contributed by atoms with Gasteiger partial charge >= 0.3 is 12.1 Å². The summed E-state index contributed by atoms with van der Waals surface area (Å²) >= 11 is 3.48. The molecule has 27 heavy (non-hydrogen) atoms. The topological polar surface area (TPSA) is 80.0 Å². The van der Waals surface area contributed by atoms with Gasteiger partial charge in [0.15, 0.2) is 0 Å². The molecule has 1 aliphatic heterocycles. The van der Waals surface area contributed by atoms with Gasteiger partial charge in [-0.3, -0.25) is 4.79 Å². The van der Waals surface area contributed by atoms with Crippen molar-refractivity contribution in [3.63, 3.8) is 0 Å². The molecule has 0 radical (unpaired) electrons. The second-order valence-corrected chi connectivity index (χ2v) is 8.89. The van der Waals surface area contributed by atoms with E-state index in [0.717, 1.165) is 21.0 Å². The number of carbonyl (C=O) groups excluding carboxylic acids is 1. The Labute approximate surface area is 166 Å². The van der Waals surface area contributed by atoms with Crippen LogP contribution in [0.3, 0.4) is 0 Å². The molecule has 0 saturated carbocycles. The molecule has 146 valence electrons. The maximum atomic E-state index is 12.3. The fourth-order valence-electron chi connectivity index (χ4n) is 3.53. The van der Waals surface area contributed by atoms with E-state index in [1.165, 1.54) is 0 Å². The summed E-state index contributed by atoms with van der Waals surface area (Å²) in [5.41, 5.74) is 1.12. The lowest BCUT2D eigenvalue weighted by atomic mass is 9.86. The lowest BCUT2D eigenvalue weighted by Gasteiger charge is -2.25. The third kappa shape index (κ3) is 4.64. The van der Waals surface area contributed by atoms with Gasteiger partial charge in [0.2, 0.25) is 0 Å². The Morgan fingerprint density at radius 2 is 2.15 bits per heavy atom. The largest absolute Gasteiger partial charge is 0.481 e. The van der Waals surface area contributed by atoms with Crippen LogP contribution in [0, 0.1) is 11.8 Å². The van der Waals surface area contributed by atoms with E-state index in [4.69, 9.17) is 9.15 Å². The Kier molecular flexibility index (Phi) is 5.51. The second-order valence-electron chi connectivity index (χ2n) is 8.04. The predicted octanol–water partition coefficient (Wildman–Crippen LogP) is 4.70. The number of carboxylic acid groups (broad SMARTS) is 1. The molecule has 1 aromatic heterocycles. The number of hydrogen-bond acceptors (Lipinski definition) is 4. The van der Waals surface area contributed by atoms with Gasteiger partial charge < -0.3 is 19.2 Å². The minimum absolute atomic E-state index is 0.103. The zero-order valence-corrected chi connectivity index (χ0v) is 17.3. The second kappa shape index (κ2) is 7.54. The van der Waals surface area contributed by atoms with Gasteiger partial charge in [-0.25, -0.2) is 4.79 Å². The summed E-state index contributed by atoms with van der Waals surface area (Å²) in [6, 6.07) is 5.72. The number of aliphatic carboxylic acids is 1. The number of hydrogen-bond donors (Lipinski definition) is 1. The molecular weight excluding hydrogens is 414 g/mol. The average molecular weight is 438 g/mol. The molecule has 0 bridgehead atoms. The van der Waals surface area contributed by atoms with Crippen molar-refractivity contribution in [3.05, 3.63) is 34.5 Å². The molecule has 1 saturated heterocycles. The molecule has 0 spiro atoms. The highest BCUT2D eigenvalue weighted by Crippen LogP contribution is 2.32. The molecule has 1 N–H and O–H groups in total. The van der Waals surface area contributed by atoms with Crippen LogP contribution < -0.4 is 0 Å². The maximum Gasteiger partial charge on any atom is 0.410 e. The van der Waals surface area contributed by atoms with E-state index >= 15 is 0 Å². The summed E-state index contributed by atoms with van der Waals surface area (Å²) in [6.45, 7) is 6.39. The fourth-order valence-corrected chi connectivity index (χ4v) is 4.15. The van der Waals surface area contributed by atoms with Crippen LogP contribution >= 0.6 is 15.9 Å². The highest BCUT2D eigenvalue weighted by atomic mass is 79.9. The van der Waals surface area contributed by atoms with Crippen LogP contribution in [0.5, 0.6) is 0 Å². The van der Waals surface area contributed by atoms with Gasteiger partial charge in [-0.15, -0.1) is 0 Å². The SMILES string of the molecule is CC(C)(C)OC(=O)N1CC[C@H]([C@H](Cc2cc(Br)c3occc3c2)C(=O)O)C1. The number of benzene rings is 1. The zero-order valence-electron chi connectivity index (χ0n) is 15.7. The van der Waals surface area contributed by atoms with Crippen molar-refractivity contribution in [1.82, 2.24) is 4.90 Å². The van der Waals surface area contributed by atoms with Crippen molar-refractivity contribution < 1.29 is 23.8 Å².